The molecule has 4 nitrogen and oxygen atoms in total. The first kappa shape index (κ1) is 31.4. The van der Waals surface area contributed by atoms with Crippen molar-refractivity contribution >= 4 is 0 Å². The van der Waals surface area contributed by atoms with E-state index in [0.717, 1.165) is 45.2 Å². The molecule has 0 saturated heterocycles. The van der Waals surface area contributed by atoms with Crippen LogP contribution in [-0.4, -0.2) is 15.0 Å². The smallest absolute Gasteiger partial charge is 0.164 e. The average Bonchev–Trinajstić information content (AvgIpc) is 3.52. The van der Waals surface area contributed by atoms with Gasteiger partial charge in [-0.2, -0.15) is 5.26 Å². The lowest BCUT2D eigenvalue weighted by Gasteiger charge is -2.61. The zero-order chi connectivity index (χ0) is 35.8. The summed E-state index contributed by atoms with van der Waals surface area (Å²) in [4.78, 5) is 15.2. The number of nitrogens with zero attached hydrogens (tertiary/aromatic N) is 4. The standard InChI is InChI=1S/C50H38N4/c51-30-31-19-22-45-44(28-31)42-21-20-36(29-46(42)50(45)37-24-32-23-33(26-37)27-38(50)25-32)39-15-7-8-16-40(39)41-17-9-10-18-43(41)49-53-47(34-11-3-1-4-12-34)52-48(54-49)35-13-5-2-6-14-35/h1-22,28-29,32-33,37-38H,23-27H2. The third-order valence-corrected chi connectivity index (χ3v) is 13.2. The van der Waals surface area contributed by atoms with Crippen LogP contribution >= 0.6 is 0 Å². The second-order valence-corrected chi connectivity index (χ2v) is 15.9. The summed E-state index contributed by atoms with van der Waals surface area (Å²) in [5.41, 5.74) is 13.9. The van der Waals surface area contributed by atoms with Crippen molar-refractivity contribution in [2.75, 3.05) is 0 Å². The highest BCUT2D eigenvalue weighted by atomic mass is 15.0. The Kier molecular flexibility index (Phi) is 7.07. The van der Waals surface area contributed by atoms with Crippen molar-refractivity contribution in [3.05, 3.63) is 162 Å². The maximum Gasteiger partial charge on any atom is 0.164 e. The van der Waals surface area contributed by atoms with Gasteiger partial charge in [-0.3, -0.25) is 0 Å². The SMILES string of the molecule is N#Cc1ccc2c(c1)-c1ccc(-c3ccccc3-c3ccccc3-c3nc(-c4ccccc4)nc(-c4ccccc4)n3)cc1C21C2CC3CC(C2)CC1C3. The molecule has 12 rings (SSSR count). The summed E-state index contributed by atoms with van der Waals surface area (Å²) in [7, 11) is 0. The first-order valence-electron chi connectivity index (χ1n) is 19.4. The molecule has 0 radical (unpaired) electrons. The van der Waals surface area contributed by atoms with Gasteiger partial charge in [0, 0.05) is 22.1 Å². The van der Waals surface area contributed by atoms with E-state index in [-0.39, 0.29) is 5.41 Å². The normalized spacial score (nSPS) is 22.9. The van der Waals surface area contributed by atoms with Crippen LogP contribution in [0.2, 0.25) is 0 Å². The molecule has 0 unspecified atom stereocenters. The van der Waals surface area contributed by atoms with Crippen molar-refractivity contribution in [3.8, 4) is 73.6 Å². The Morgan fingerprint density at radius 2 is 0.963 bits per heavy atom. The van der Waals surface area contributed by atoms with Gasteiger partial charge in [0.1, 0.15) is 0 Å². The van der Waals surface area contributed by atoms with Gasteiger partial charge >= 0.3 is 0 Å². The monoisotopic (exact) mass is 694 g/mol. The molecule has 54 heavy (non-hydrogen) atoms. The molecule has 5 aliphatic rings. The van der Waals surface area contributed by atoms with E-state index in [4.69, 9.17) is 15.0 Å². The molecule has 5 aliphatic carbocycles. The fourth-order valence-corrected chi connectivity index (χ4v) is 11.3. The van der Waals surface area contributed by atoms with Crippen molar-refractivity contribution in [2.45, 2.75) is 37.5 Å². The Morgan fingerprint density at radius 3 is 1.57 bits per heavy atom. The van der Waals surface area contributed by atoms with Crippen molar-refractivity contribution in [1.29, 1.82) is 5.26 Å². The molecule has 6 aromatic carbocycles. The maximum atomic E-state index is 9.94. The van der Waals surface area contributed by atoms with Crippen LogP contribution in [0.4, 0.5) is 0 Å². The number of nitriles is 1. The molecule has 0 aliphatic heterocycles. The Labute approximate surface area is 316 Å². The molecule has 4 heteroatoms. The van der Waals surface area contributed by atoms with Crippen molar-refractivity contribution in [3.63, 3.8) is 0 Å². The van der Waals surface area contributed by atoms with E-state index in [1.807, 2.05) is 36.4 Å². The molecule has 7 aromatic rings. The minimum Gasteiger partial charge on any atom is -0.208 e. The number of rotatable bonds is 5. The molecule has 1 aromatic heterocycles. The van der Waals surface area contributed by atoms with Gasteiger partial charge in [-0.05, 0) is 118 Å². The van der Waals surface area contributed by atoms with Gasteiger partial charge in [-0.25, -0.2) is 15.0 Å². The van der Waals surface area contributed by atoms with Crippen LogP contribution in [0.25, 0.3) is 67.5 Å². The predicted octanol–water partition coefficient (Wildman–Crippen LogP) is 11.8. The van der Waals surface area contributed by atoms with Gasteiger partial charge < -0.3 is 0 Å². The predicted molar refractivity (Wildman–Crippen MR) is 215 cm³/mol. The summed E-state index contributed by atoms with van der Waals surface area (Å²) in [6.45, 7) is 0. The van der Waals surface area contributed by atoms with Crippen LogP contribution in [0.15, 0.2) is 146 Å². The van der Waals surface area contributed by atoms with Crippen LogP contribution in [0, 0.1) is 35.0 Å². The molecule has 1 spiro atoms. The lowest BCUT2D eigenvalue weighted by Crippen LogP contribution is -2.55. The van der Waals surface area contributed by atoms with Gasteiger partial charge in [0.2, 0.25) is 0 Å². The molecule has 0 atom stereocenters. The van der Waals surface area contributed by atoms with Crippen molar-refractivity contribution in [1.82, 2.24) is 15.0 Å². The van der Waals surface area contributed by atoms with Crippen molar-refractivity contribution < 1.29 is 0 Å². The van der Waals surface area contributed by atoms with Crippen LogP contribution < -0.4 is 0 Å². The lowest BCUT2D eigenvalue weighted by molar-refractivity contribution is -0.0399. The summed E-state index contributed by atoms with van der Waals surface area (Å²) in [6.07, 6.45) is 6.71. The molecule has 0 amide bonds. The van der Waals surface area contributed by atoms with E-state index < -0.39 is 0 Å². The highest BCUT2D eigenvalue weighted by Crippen LogP contribution is 2.69. The third kappa shape index (κ3) is 4.71. The summed E-state index contributed by atoms with van der Waals surface area (Å²) >= 11 is 0. The zero-order valence-electron chi connectivity index (χ0n) is 30.0. The minimum atomic E-state index is 0.0154. The van der Waals surface area contributed by atoms with Crippen molar-refractivity contribution in [2.24, 2.45) is 23.7 Å². The number of aromatic nitrogens is 3. The Balaban J connectivity index is 1.08. The number of hydrogen-bond acceptors (Lipinski definition) is 4. The van der Waals surface area contributed by atoms with Crippen LogP contribution in [0.5, 0.6) is 0 Å². The molecular formula is C50H38N4. The van der Waals surface area contributed by atoms with E-state index in [1.54, 1.807) is 0 Å². The summed E-state index contributed by atoms with van der Waals surface area (Å²) in [6, 6.07) is 53.9. The van der Waals surface area contributed by atoms with E-state index >= 15 is 0 Å². The summed E-state index contributed by atoms with van der Waals surface area (Å²) < 4.78 is 0. The van der Waals surface area contributed by atoms with E-state index in [0.29, 0.717) is 29.3 Å². The minimum absolute atomic E-state index is 0.0154. The Bertz CT molecular complexity index is 2550. The van der Waals surface area contributed by atoms with E-state index in [1.165, 1.54) is 65.5 Å². The molecular weight excluding hydrogens is 657 g/mol. The molecule has 0 N–H and O–H groups in total. The molecule has 4 fully saturated rings. The Hall–Kier alpha value is -6.18. The number of hydrogen-bond donors (Lipinski definition) is 0. The van der Waals surface area contributed by atoms with Gasteiger partial charge in [0.05, 0.1) is 11.6 Å². The van der Waals surface area contributed by atoms with Crippen LogP contribution in [-0.2, 0) is 5.41 Å². The van der Waals surface area contributed by atoms with Crippen LogP contribution in [0.3, 0.4) is 0 Å². The van der Waals surface area contributed by atoms with Gasteiger partial charge in [-0.15, -0.1) is 0 Å². The Morgan fingerprint density at radius 1 is 0.426 bits per heavy atom. The number of fused-ring (bicyclic) bond motifs is 3. The van der Waals surface area contributed by atoms with Gasteiger partial charge in [0.25, 0.3) is 0 Å². The largest absolute Gasteiger partial charge is 0.208 e. The first-order chi connectivity index (χ1) is 26.7. The number of benzene rings is 6. The molecule has 4 bridgehead atoms. The summed E-state index contributed by atoms with van der Waals surface area (Å²) in [5.74, 6) is 4.99. The van der Waals surface area contributed by atoms with Gasteiger partial charge in [-0.1, -0.05) is 127 Å². The quantitative estimate of drug-likeness (QED) is 0.180. The molecule has 1 heterocycles. The third-order valence-electron chi connectivity index (χ3n) is 13.2. The lowest BCUT2D eigenvalue weighted by atomic mass is 9.43. The average molecular weight is 695 g/mol. The van der Waals surface area contributed by atoms with Gasteiger partial charge in [0.15, 0.2) is 17.5 Å². The highest BCUT2D eigenvalue weighted by molar-refractivity contribution is 5.93. The maximum absolute atomic E-state index is 9.94. The first-order valence-corrected chi connectivity index (χ1v) is 19.4. The van der Waals surface area contributed by atoms with E-state index in [9.17, 15) is 5.26 Å². The van der Waals surface area contributed by atoms with Crippen LogP contribution in [0.1, 0.15) is 48.8 Å². The topological polar surface area (TPSA) is 62.5 Å². The second kappa shape index (κ2) is 12.2. The fourth-order valence-electron chi connectivity index (χ4n) is 11.3. The zero-order valence-corrected chi connectivity index (χ0v) is 30.0. The highest BCUT2D eigenvalue weighted by Gasteiger charge is 2.61. The summed E-state index contributed by atoms with van der Waals surface area (Å²) in [5, 5.41) is 9.94. The fraction of sp³-hybridized carbons (Fsp3) is 0.200. The molecule has 4 saturated carbocycles. The van der Waals surface area contributed by atoms with E-state index in [2.05, 4.69) is 115 Å². The second-order valence-electron chi connectivity index (χ2n) is 15.9. The molecule has 258 valence electrons.